The van der Waals surface area contributed by atoms with E-state index in [4.69, 9.17) is 13.6 Å². The highest BCUT2D eigenvalue weighted by atomic mass is 31.2. The van der Waals surface area contributed by atoms with Crippen molar-refractivity contribution in [3.8, 4) is 0 Å². The zero-order valence-corrected chi connectivity index (χ0v) is 14.2. The molecule has 0 amide bonds. The second-order valence-electron chi connectivity index (χ2n) is 4.09. The number of carbonyl (C=O) groups is 2. The minimum atomic E-state index is -4.19. The van der Waals surface area contributed by atoms with Crippen molar-refractivity contribution in [2.75, 3.05) is 14.2 Å². The molecule has 130 valence electrons. The lowest BCUT2D eigenvalue weighted by Gasteiger charge is -2.24. The summed E-state index contributed by atoms with van der Waals surface area (Å²) in [6.45, 7) is 5.72. The number of methoxy groups -OCH3 is 2. The van der Waals surface area contributed by atoms with Crippen LogP contribution < -0.4 is 0 Å². The Kier molecular flexibility index (Phi) is 9.03. The Hall–Kier alpha value is -1.35. The summed E-state index contributed by atoms with van der Waals surface area (Å²) in [6.07, 6.45) is -5.20. The van der Waals surface area contributed by atoms with Gasteiger partial charge in [0.15, 0.2) is 0 Å². The average Bonchev–Trinajstić information content (AvgIpc) is 2.35. The van der Waals surface area contributed by atoms with Gasteiger partial charge in [-0.2, -0.15) is 0 Å². The molecule has 0 saturated carbocycles. The van der Waals surface area contributed by atoms with Crippen LogP contribution in [-0.4, -0.2) is 45.2 Å². The van der Waals surface area contributed by atoms with Crippen LogP contribution in [0.25, 0.3) is 0 Å². The molecule has 0 aliphatic rings. The van der Waals surface area contributed by atoms with Gasteiger partial charge in [0.25, 0.3) is 0 Å². The molecule has 0 fully saturated rings. The molecule has 0 aromatic heterocycles. The molecule has 0 aliphatic carbocycles. The number of ether oxygens (including phenoxy) is 4. The topological polar surface area (TPSA) is 116 Å². The van der Waals surface area contributed by atoms with E-state index < -0.39 is 38.8 Å². The fourth-order valence-electron chi connectivity index (χ4n) is 1.11. The number of hydrogen-bond donors (Lipinski definition) is 0. The maximum atomic E-state index is 12.5. The van der Waals surface area contributed by atoms with E-state index in [0.717, 1.165) is 14.2 Å². The molecule has 2 atom stereocenters. The fourth-order valence-corrected chi connectivity index (χ4v) is 2.59. The molecule has 0 heterocycles. The molecule has 0 radical (unpaired) electrons. The number of hydrogen-bond acceptors (Lipinski definition) is 10. The highest BCUT2D eigenvalue weighted by Crippen LogP contribution is 2.52. The Labute approximate surface area is 128 Å². The highest BCUT2D eigenvalue weighted by Gasteiger charge is 2.35. The lowest BCUT2D eigenvalue weighted by atomic mass is 10.5. The van der Waals surface area contributed by atoms with Crippen LogP contribution in [0.5, 0.6) is 0 Å². The number of phosphoric acid groups is 1. The maximum absolute atomic E-state index is 12.5. The zero-order chi connectivity index (χ0) is 17.3. The number of rotatable bonds is 8. The summed E-state index contributed by atoms with van der Waals surface area (Å²) in [4.78, 5) is 21.9. The monoisotopic (exact) mass is 344 g/mol. The van der Waals surface area contributed by atoms with E-state index in [-0.39, 0.29) is 0 Å². The summed E-state index contributed by atoms with van der Waals surface area (Å²) in [7, 11) is -1.99. The summed E-state index contributed by atoms with van der Waals surface area (Å²) in [5.41, 5.74) is 0. The maximum Gasteiger partial charge on any atom is 0.510 e. The van der Waals surface area contributed by atoms with Gasteiger partial charge < -0.3 is 18.9 Å². The lowest BCUT2D eigenvalue weighted by molar-refractivity contribution is -0.101. The molecule has 0 rings (SSSR count). The summed E-state index contributed by atoms with van der Waals surface area (Å²) in [6, 6.07) is 0. The smallest absolute Gasteiger partial charge is 0.438 e. The van der Waals surface area contributed by atoms with Gasteiger partial charge in [-0.15, -0.1) is 0 Å². The normalized spacial score (nSPS) is 16.3. The molecule has 0 bridgehead atoms. The first-order valence-corrected chi connectivity index (χ1v) is 7.72. The molecular formula is C11H21O10P. The Balaban J connectivity index is 4.80. The van der Waals surface area contributed by atoms with Crippen LogP contribution >= 0.6 is 7.82 Å². The van der Waals surface area contributed by atoms with Gasteiger partial charge >= 0.3 is 20.1 Å². The Bertz CT molecular complexity index is 380. The van der Waals surface area contributed by atoms with Crippen LogP contribution in [0.15, 0.2) is 0 Å². The molecular weight excluding hydrogens is 323 g/mol. The van der Waals surface area contributed by atoms with Crippen molar-refractivity contribution in [1.82, 2.24) is 0 Å². The fraction of sp³-hybridized carbons (Fsp3) is 0.818. The van der Waals surface area contributed by atoms with Gasteiger partial charge in [-0.25, -0.2) is 23.2 Å². The molecule has 0 aromatic carbocycles. The largest absolute Gasteiger partial charge is 0.510 e. The summed E-state index contributed by atoms with van der Waals surface area (Å²) in [5.74, 6) is 0. The number of phosphoric ester groups is 1. The summed E-state index contributed by atoms with van der Waals surface area (Å²) in [5, 5.41) is 0. The van der Waals surface area contributed by atoms with E-state index in [9.17, 15) is 14.2 Å². The highest BCUT2D eigenvalue weighted by molar-refractivity contribution is 7.48. The molecule has 0 spiro atoms. The van der Waals surface area contributed by atoms with Crippen LogP contribution in [0, 0.1) is 0 Å². The third kappa shape index (κ3) is 8.83. The standard InChI is InChI=1S/C11H21O10P/c1-7(2)19-22(14,20-8(3)17-10(12)15-5)21-9(4)18-11(13)16-6/h7-9H,1-6H3. The van der Waals surface area contributed by atoms with Crippen molar-refractivity contribution in [2.24, 2.45) is 0 Å². The van der Waals surface area contributed by atoms with Crippen LogP contribution in [0.4, 0.5) is 9.59 Å². The van der Waals surface area contributed by atoms with Gasteiger partial charge in [0, 0.05) is 0 Å². The van der Waals surface area contributed by atoms with Crippen LogP contribution in [0.2, 0.25) is 0 Å². The second kappa shape index (κ2) is 9.62. The van der Waals surface area contributed by atoms with Crippen molar-refractivity contribution < 1.29 is 46.7 Å². The zero-order valence-electron chi connectivity index (χ0n) is 13.3. The molecule has 10 nitrogen and oxygen atoms in total. The molecule has 0 aromatic rings. The first-order valence-electron chi connectivity index (χ1n) is 6.26. The van der Waals surface area contributed by atoms with Crippen molar-refractivity contribution in [1.29, 1.82) is 0 Å². The van der Waals surface area contributed by atoms with Gasteiger partial charge in [-0.1, -0.05) is 0 Å². The molecule has 0 aliphatic heterocycles. The molecule has 11 heteroatoms. The molecule has 0 saturated heterocycles. The van der Waals surface area contributed by atoms with Gasteiger partial charge in [-0.05, 0) is 27.7 Å². The van der Waals surface area contributed by atoms with Gasteiger partial charge in [0.2, 0.25) is 12.6 Å². The van der Waals surface area contributed by atoms with Crippen LogP contribution in [-0.2, 0) is 37.1 Å². The van der Waals surface area contributed by atoms with Crippen LogP contribution in [0.3, 0.4) is 0 Å². The minimum Gasteiger partial charge on any atom is -0.438 e. The van der Waals surface area contributed by atoms with Gasteiger partial charge in [0.05, 0.1) is 20.3 Å². The van der Waals surface area contributed by atoms with Crippen molar-refractivity contribution in [3.05, 3.63) is 0 Å². The van der Waals surface area contributed by atoms with E-state index in [0.29, 0.717) is 0 Å². The van der Waals surface area contributed by atoms with E-state index in [2.05, 4.69) is 18.9 Å². The van der Waals surface area contributed by atoms with E-state index in [1.54, 1.807) is 13.8 Å². The predicted molar refractivity (Wildman–Crippen MR) is 71.9 cm³/mol. The van der Waals surface area contributed by atoms with Gasteiger partial charge in [0.1, 0.15) is 0 Å². The van der Waals surface area contributed by atoms with E-state index in [1.165, 1.54) is 13.8 Å². The number of carbonyl (C=O) groups excluding carboxylic acids is 2. The van der Waals surface area contributed by atoms with Gasteiger partial charge in [-0.3, -0.25) is 4.52 Å². The Morgan fingerprint density at radius 3 is 1.41 bits per heavy atom. The Morgan fingerprint density at radius 2 is 1.14 bits per heavy atom. The first-order chi connectivity index (χ1) is 10.1. The molecule has 2 unspecified atom stereocenters. The van der Waals surface area contributed by atoms with E-state index in [1.807, 2.05) is 0 Å². The third-order valence-corrected chi connectivity index (χ3v) is 3.54. The van der Waals surface area contributed by atoms with Crippen molar-refractivity contribution in [2.45, 2.75) is 46.4 Å². The third-order valence-electron chi connectivity index (χ3n) is 1.75. The van der Waals surface area contributed by atoms with Crippen molar-refractivity contribution >= 4 is 20.1 Å². The summed E-state index contributed by atoms with van der Waals surface area (Å²) >= 11 is 0. The molecule has 22 heavy (non-hydrogen) atoms. The summed E-state index contributed by atoms with van der Waals surface area (Å²) < 4.78 is 45.2. The van der Waals surface area contributed by atoms with Crippen LogP contribution in [0.1, 0.15) is 27.7 Å². The second-order valence-corrected chi connectivity index (χ2v) is 5.62. The van der Waals surface area contributed by atoms with Crippen molar-refractivity contribution in [3.63, 3.8) is 0 Å². The van der Waals surface area contributed by atoms with E-state index >= 15 is 0 Å². The Morgan fingerprint density at radius 1 is 0.773 bits per heavy atom. The predicted octanol–water partition coefficient (Wildman–Crippen LogP) is 2.81. The first kappa shape index (κ1) is 20.6. The lowest BCUT2D eigenvalue weighted by Crippen LogP contribution is -2.23. The quantitative estimate of drug-likeness (QED) is 0.369. The SMILES string of the molecule is COC(=O)OC(C)OP(=O)(OC(C)C)OC(C)OC(=O)OC. The molecule has 0 N–H and O–H groups in total. The average molecular weight is 344 g/mol. The minimum absolute atomic E-state index is 0.540.